The van der Waals surface area contributed by atoms with Crippen molar-refractivity contribution < 1.29 is 14.3 Å². The minimum absolute atomic E-state index is 0.0365. The van der Waals surface area contributed by atoms with Crippen molar-refractivity contribution in [3.8, 4) is 11.5 Å². The van der Waals surface area contributed by atoms with Gasteiger partial charge in [-0.2, -0.15) is 15.1 Å². The van der Waals surface area contributed by atoms with E-state index < -0.39 is 5.91 Å². The van der Waals surface area contributed by atoms with Gasteiger partial charge in [-0.3, -0.25) is 15.2 Å². The lowest BCUT2D eigenvalue weighted by Gasteiger charge is -2.20. The number of carbonyl (C=O) groups is 1. The Bertz CT molecular complexity index is 1690. The number of thioether (sulfide) groups is 1. The van der Waals surface area contributed by atoms with Crippen LogP contribution in [0, 0.1) is 5.41 Å². The molecule has 4 aromatic rings. The number of nitrogens with zero attached hydrogens (tertiary/aromatic N) is 4. The van der Waals surface area contributed by atoms with Crippen LogP contribution >= 0.6 is 11.8 Å². The third-order valence-corrected chi connectivity index (χ3v) is 7.16. The maximum atomic E-state index is 12.9. The molecule has 0 unspecified atom stereocenters. The highest BCUT2D eigenvalue weighted by atomic mass is 32.2. The van der Waals surface area contributed by atoms with Gasteiger partial charge < -0.3 is 9.47 Å². The largest absolute Gasteiger partial charge is 0.490 e. The Labute approximate surface area is 229 Å². The van der Waals surface area contributed by atoms with E-state index in [4.69, 9.17) is 14.9 Å². The lowest BCUT2D eigenvalue weighted by molar-refractivity contribution is -0.114. The van der Waals surface area contributed by atoms with E-state index in [1.807, 2.05) is 49.4 Å². The molecule has 8 nitrogen and oxygen atoms in total. The van der Waals surface area contributed by atoms with Gasteiger partial charge in [0.2, 0.25) is 5.17 Å². The summed E-state index contributed by atoms with van der Waals surface area (Å²) in [5, 5.41) is 17.8. The maximum Gasteiger partial charge on any atom is 0.283 e. The summed E-state index contributed by atoms with van der Waals surface area (Å²) in [5.41, 5.74) is 2.70. The first-order chi connectivity index (χ1) is 19.1. The number of aliphatic imine (C=N–C) groups is 1. The Morgan fingerprint density at radius 2 is 1.87 bits per heavy atom. The van der Waals surface area contributed by atoms with E-state index in [-0.39, 0.29) is 11.4 Å². The van der Waals surface area contributed by atoms with Crippen molar-refractivity contribution in [3.05, 3.63) is 107 Å². The first kappa shape index (κ1) is 24.6. The number of hydrazone groups is 1. The number of hydrogen-bond donors (Lipinski definition) is 1. The molecule has 2 aliphatic rings. The number of fused-ring (bicyclic) bond motifs is 2. The van der Waals surface area contributed by atoms with Crippen molar-refractivity contribution >= 4 is 50.6 Å². The molecule has 1 aromatic heterocycles. The second kappa shape index (κ2) is 10.5. The summed E-state index contributed by atoms with van der Waals surface area (Å²) in [5.74, 6) is 0.625. The number of rotatable bonds is 7. The molecule has 3 heterocycles. The smallest absolute Gasteiger partial charge is 0.283 e. The highest BCUT2D eigenvalue weighted by molar-refractivity contribution is 8.27. The quantitative estimate of drug-likeness (QED) is 0.298. The van der Waals surface area contributed by atoms with Gasteiger partial charge in [-0.1, -0.05) is 48.5 Å². The molecule has 0 spiro atoms. The van der Waals surface area contributed by atoms with E-state index in [0.717, 1.165) is 21.9 Å². The number of pyridine rings is 1. The molecule has 1 amide bonds. The Morgan fingerprint density at radius 3 is 2.72 bits per heavy atom. The molecule has 0 radical (unpaired) electrons. The molecular weight excluding hydrogens is 510 g/mol. The normalized spacial score (nSPS) is 15.8. The van der Waals surface area contributed by atoms with Crippen LogP contribution in [0.1, 0.15) is 23.6 Å². The summed E-state index contributed by atoms with van der Waals surface area (Å²) in [4.78, 5) is 21.2. The molecule has 0 saturated carbocycles. The van der Waals surface area contributed by atoms with Crippen LogP contribution < -0.4 is 9.47 Å². The molecule has 1 N–H and O–H groups in total. The molecule has 39 heavy (non-hydrogen) atoms. The second-order valence-corrected chi connectivity index (χ2v) is 9.69. The van der Waals surface area contributed by atoms with Gasteiger partial charge in [0.25, 0.3) is 5.91 Å². The fraction of sp³-hybridized carbons (Fsp3) is 0.100. The minimum atomic E-state index is -0.490. The number of nitrogens with one attached hydrogen (secondary N) is 1. The Morgan fingerprint density at radius 1 is 1.00 bits per heavy atom. The third-order valence-electron chi connectivity index (χ3n) is 6.20. The SMILES string of the molecule is CCOc1cc(C=C2C(=N)N3N=C(c4cccnc4)SC3=NC2=O)ccc1OCc1cccc2ccccc12. The summed E-state index contributed by atoms with van der Waals surface area (Å²) in [6, 6.07) is 23.5. The topological polar surface area (TPSA) is 100 Å². The molecule has 0 aliphatic carbocycles. The zero-order valence-electron chi connectivity index (χ0n) is 21.0. The Hall–Kier alpha value is -4.76. The monoisotopic (exact) mass is 533 g/mol. The zero-order chi connectivity index (χ0) is 26.8. The number of amides is 1. The van der Waals surface area contributed by atoms with Gasteiger partial charge in [0.1, 0.15) is 11.7 Å². The Kier molecular flexibility index (Phi) is 6.64. The van der Waals surface area contributed by atoms with E-state index in [1.54, 1.807) is 24.5 Å². The molecule has 6 rings (SSSR count). The molecule has 0 bridgehead atoms. The summed E-state index contributed by atoms with van der Waals surface area (Å²) >= 11 is 1.24. The predicted molar refractivity (Wildman–Crippen MR) is 154 cm³/mol. The summed E-state index contributed by atoms with van der Waals surface area (Å²) in [6.45, 7) is 2.73. The average molecular weight is 534 g/mol. The van der Waals surface area contributed by atoms with Crippen LogP contribution in [0.15, 0.2) is 101 Å². The molecular formula is C30H23N5O3S. The van der Waals surface area contributed by atoms with Crippen LogP contribution in [-0.2, 0) is 11.4 Å². The number of benzene rings is 3. The molecule has 9 heteroatoms. The minimum Gasteiger partial charge on any atom is -0.490 e. The summed E-state index contributed by atoms with van der Waals surface area (Å²) in [7, 11) is 0. The van der Waals surface area contributed by atoms with E-state index in [0.29, 0.717) is 40.5 Å². The van der Waals surface area contributed by atoms with E-state index >= 15 is 0 Å². The molecule has 2 aliphatic heterocycles. The van der Waals surface area contributed by atoms with E-state index in [2.05, 4.69) is 39.3 Å². The first-order valence-electron chi connectivity index (χ1n) is 12.4. The molecule has 192 valence electrons. The van der Waals surface area contributed by atoms with Gasteiger partial charge in [-0.05, 0) is 70.9 Å². The van der Waals surface area contributed by atoms with Gasteiger partial charge >= 0.3 is 0 Å². The number of amidine groups is 2. The second-order valence-electron chi connectivity index (χ2n) is 8.73. The van der Waals surface area contributed by atoms with Crippen molar-refractivity contribution in [2.45, 2.75) is 13.5 Å². The lowest BCUT2D eigenvalue weighted by atomic mass is 10.1. The summed E-state index contributed by atoms with van der Waals surface area (Å²) < 4.78 is 12.0. The Balaban J connectivity index is 1.25. The molecule has 0 fully saturated rings. The standard InChI is InChI=1S/C30H23N5O3S/c1-2-37-26-16-19(12-13-25(26)38-18-22-9-5-8-20-7-3-4-11-23(20)22)15-24-27(31)35-30(33-28(24)36)39-29(34-35)21-10-6-14-32-17-21/h3-17,31H,2,18H2,1H3. The highest BCUT2D eigenvalue weighted by Gasteiger charge is 2.36. The van der Waals surface area contributed by atoms with Crippen LogP contribution in [0.3, 0.4) is 0 Å². The number of hydrogen-bond acceptors (Lipinski definition) is 7. The van der Waals surface area contributed by atoms with Crippen LogP contribution in [-0.4, -0.2) is 38.6 Å². The summed E-state index contributed by atoms with van der Waals surface area (Å²) in [6.07, 6.45) is 4.99. The van der Waals surface area contributed by atoms with Crippen LogP contribution in [0.5, 0.6) is 11.5 Å². The van der Waals surface area contributed by atoms with Crippen molar-refractivity contribution in [1.29, 1.82) is 5.41 Å². The van der Waals surface area contributed by atoms with Gasteiger partial charge in [-0.15, -0.1) is 0 Å². The fourth-order valence-corrected chi connectivity index (χ4v) is 5.22. The van der Waals surface area contributed by atoms with Gasteiger partial charge in [0.15, 0.2) is 17.3 Å². The van der Waals surface area contributed by atoms with Gasteiger partial charge in [0.05, 0.1) is 12.2 Å². The van der Waals surface area contributed by atoms with Crippen molar-refractivity contribution in [2.75, 3.05) is 6.61 Å². The number of carbonyl (C=O) groups excluding carboxylic acids is 1. The van der Waals surface area contributed by atoms with Crippen LogP contribution in [0.2, 0.25) is 0 Å². The molecule has 0 saturated heterocycles. The lowest BCUT2D eigenvalue weighted by Crippen LogP contribution is -2.35. The van der Waals surface area contributed by atoms with E-state index in [1.165, 1.54) is 16.8 Å². The third kappa shape index (κ3) is 4.92. The number of aromatic nitrogens is 1. The van der Waals surface area contributed by atoms with Crippen LogP contribution in [0.25, 0.3) is 16.8 Å². The maximum absolute atomic E-state index is 12.9. The zero-order valence-corrected chi connectivity index (χ0v) is 21.8. The van der Waals surface area contributed by atoms with Gasteiger partial charge in [0, 0.05) is 18.0 Å². The van der Waals surface area contributed by atoms with E-state index in [9.17, 15) is 4.79 Å². The molecule has 3 aromatic carbocycles. The van der Waals surface area contributed by atoms with Gasteiger partial charge in [-0.25, -0.2) is 0 Å². The van der Waals surface area contributed by atoms with Crippen molar-refractivity contribution in [1.82, 2.24) is 9.99 Å². The highest BCUT2D eigenvalue weighted by Crippen LogP contribution is 2.33. The number of ether oxygens (including phenoxy) is 2. The average Bonchev–Trinajstić information content (AvgIpc) is 3.40. The van der Waals surface area contributed by atoms with Crippen molar-refractivity contribution in [3.63, 3.8) is 0 Å². The fourth-order valence-electron chi connectivity index (χ4n) is 4.34. The predicted octanol–water partition coefficient (Wildman–Crippen LogP) is 5.88. The van der Waals surface area contributed by atoms with Crippen molar-refractivity contribution in [2.24, 2.45) is 10.1 Å². The molecule has 0 atom stereocenters. The van der Waals surface area contributed by atoms with Crippen LogP contribution in [0.4, 0.5) is 0 Å². The first-order valence-corrected chi connectivity index (χ1v) is 13.2.